The van der Waals surface area contributed by atoms with Crippen molar-refractivity contribution < 1.29 is 14.7 Å². The Morgan fingerprint density at radius 2 is 1.12 bits per heavy atom. The molecule has 0 radical (unpaired) electrons. The molecular formula is C28H42NO3-. The van der Waals surface area contributed by atoms with Crippen molar-refractivity contribution in [3.8, 4) is 0 Å². The van der Waals surface area contributed by atoms with Crippen molar-refractivity contribution >= 4 is 11.9 Å². The number of carbonyl (C=O) groups is 2. The molecule has 0 aromatic heterocycles. The van der Waals surface area contributed by atoms with Crippen molar-refractivity contribution in [1.29, 1.82) is 0 Å². The number of amides is 1. The van der Waals surface area contributed by atoms with Crippen LogP contribution in [0.3, 0.4) is 0 Å². The zero-order valence-corrected chi connectivity index (χ0v) is 20.2. The first-order chi connectivity index (χ1) is 15.5. The van der Waals surface area contributed by atoms with Gasteiger partial charge in [0, 0.05) is 6.42 Å². The number of hydrogen-bond donors (Lipinski definition) is 1. The lowest BCUT2D eigenvalue weighted by molar-refractivity contribution is -0.308. The maximum absolute atomic E-state index is 11.9. The molecule has 0 saturated carbocycles. The molecule has 1 atom stereocenters. The van der Waals surface area contributed by atoms with E-state index in [0.717, 1.165) is 38.5 Å². The summed E-state index contributed by atoms with van der Waals surface area (Å²) in [7, 11) is 0. The molecule has 0 saturated heterocycles. The number of allylic oxidation sites excluding steroid dienone is 12. The van der Waals surface area contributed by atoms with Gasteiger partial charge in [-0.25, -0.2) is 0 Å². The van der Waals surface area contributed by atoms with Crippen LogP contribution in [0.25, 0.3) is 0 Å². The number of carbonyl (C=O) groups excluding carboxylic acids is 2. The summed E-state index contributed by atoms with van der Waals surface area (Å²) in [4.78, 5) is 22.9. The fourth-order valence-corrected chi connectivity index (χ4v) is 2.81. The second-order valence-corrected chi connectivity index (χ2v) is 8.02. The van der Waals surface area contributed by atoms with Gasteiger partial charge in [0.1, 0.15) is 0 Å². The highest BCUT2D eigenvalue weighted by atomic mass is 16.4. The van der Waals surface area contributed by atoms with Gasteiger partial charge in [0.05, 0.1) is 12.0 Å². The van der Waals surface area contributed by atoms with E-state index in [1.165, 1.54) is 0 Å². The van der Waals surface area contributed by atoms with Crippen molar-refractivity contribution in [3.05, 3.63) is 72.9 Å². The van der Waals surface area contributed by atoms with Crippen LogP contribution in [0, 0.1) is 5.92 Å². The van der Waals surface area contributed by atoms with E-state index in [4.69, 9.17) is 0 Å². The smallest absolute Gasteiger partial charge is 0.220 e. The van der Waals surface area contributed by atoms with Gasteiger partial charge < -0.3 is 15.2 Å². The first-order valence-electron chi connectivity index (χ1n) is 11.9. The second kappa shape index (κ2) is 21.6. The van der Waals surface area contributed by atoms with Crippen LogP contribution in [0.15, 0.2) is 72.9 Å². The summed E-state index contributed by atoms with van der Waals surface area (Å²) in [5.41, 5.74) is 0. The van der Waals surface area contributed by atoms with Crippen LogP contribution in [-0.4, -0.2) is 17.9 Å². The predicted octanol–water partition coefficient (Wildman–Crippen LogP) is 5.75. The third kappa shape index (κ3) is 20.6. The highest BCUT2D eigenvalue weighted by Gasteiger charge is 2.14. The van der Waals surface area contributed by atoms with Crippen molar-refractivity contribution in [1.82, 2.24) is 5.32 Å². The number of nitrogens with one attached hydrogen (secondary N) is 1. The van der Waals surface area contributed by atoms with Gasteiger partial charge >= 0.3 is 0 Å². The monoisotopic (exact) mass is 440 g/mol. The van der Waals surface area contributed by atoms with Gasteiger partial charge in [-0.15, -0.1) is 0 Å². The number of carboxylic acids is 1. The molecule has 4 nitrogen and oxygen atoms in total. The zero-order chi connectivity index (χ0) is 23.9. The zero-order valence-electron chi connectivity index (χ0n) is 20.2. The Morgan fingerprint density at radius 1 is 0.719 bits per heavy atom. The minimum atomic E-state index is -1.22. The Balaban J connectivity index is 3.79. The van der Waals surface area contributed by atoms with Crippen molar-refractivity contribution in [3.63, 3.8) is 0 Å². The quantitative estimate of drug-likeness (QED) is 0.276. The molecule has 0 aliphatic carbocycles. The van der Waals surface area contributed by atoms with Gasteiger partial charge in [0.2, 0.25) is 5.91 Å². The lowest BCUT2D eigenvalue weighted by Crippen LogP contribution is -2.48. The molecule has 32 heavy (non-hydrogen) atoms. The Labute approximate surface area is 195 Å². The molecule has 4 heteroatoms. The fourth-order valence-electron chi connectivity index (χ4n) is 2.81. The molecule has 1 amide bonds. The van der Waals surface area contributed by atoms with Crippen LogP contribution >= 0.6 is 0 Å². The van der Waals surface area contributed by atoms with Gasteiger partial charge in [-0.2, -0.15) is 0 Å². The highest BCUT2D eigenvalue weighted by Crippen LogP contribution is 2.05. The summed E-state index contributed by atoms with van der Waals surface area (Å²) < 4.78 is 0. The van der Waals surface area contributed by atoms with Crippen LogP contribution in [0.5, 0.6) is 0 Å². The highest BCUT2D eigenvalue weighted by molar-refractivity contribution is 5.82. The van der Waals surface area contributed by atoms with E-state index in [-0.39, 0.29) is 18.2 Å². The fraction of sp³-hybridized carbons (Fsp3) is 0.500. The summed E-state index contributed by atoms with van der Waals surface area (Å²) in [5.74, 6) is -1.29. The molecule has 0 spiro atoms. The molecule has 0 rings (SSSR count). The predicted molar refractivity (Wildman–Crippen MR) is 134 cm³/mol. The average Bonchev–Trinajstić information content (AvgIpc) is 2.74. The lowest BCUT2D eigenvalue weighted by Gasteiger charge is -2.21. The van der Waals surface area contributed by atoms with E-state index in [2.05, 4.69) is 73.0 Å². The maximum Gasteiger partial charge on any atom is 0.220 e. The molecule has 1 unspecified atom stereocenters. The van der Waals surface area contributed by atoms with Gasteiger partial charge in [0.25, 0.3) is 0 Å². The molecule has 1 N–H and O–H groups in total. The summed E-state index contributed by atoms with van der Waals surface area (Å²) in [6.07, 6.45) is 32.7. The first kappa shape index (κ1) is 29.4. The van der Waals surface area contributed by atoms with Crippen LogP contribution in [0.1, 0.15) is 78.6 Å². The average molecular weight is 441 g/mol. The molecule has 0 aliphatic rings. The SMILES string of the molecule is CC/C=C\C/C=C\C/C=C\C/C=C\C/C=C\C/C=C\CCC(=O)NC(CC(C)C)C(=O)[O-]. The van der Waals surface area contributed by atoms with E-state index in [1.807, 2.05) is 26.0 Å². The van der Waals surface area contributed by atoms with E-state index in [9.17, 15) is 14.7 Å². The Bertz CT molecular complexity index is 666. The van der Waals surface area contributed by atoms with Gasteiger partial charge in [-0.05, 0) is 57.3 Å². The van der Waals surface area contributed by atoms with Crippen LogP contribution in [0.2, 0.25) is 0 Å². The molecule has 0 aromatic carbocycles. The summed E-state index contributed by atoms with van der Waals surface area (Å²) in [6.45, 7) is 5.97. The van der Waals surface area contributed by atoms with Crippen LogP contribution < -0.4 is 10.4 Å². The van der Waals surface area contributed by atoms with Gasteiger partial charge in [0.15, 0.2) is 0 Å². The van der Waals surface area contributed by atoms with Crippen LogP contribution in [0.4, 0.5) is 0 Å². The van der Waals surface area contributed by atoms with Gasteiger partial charge in [-0.3, -0.25) is 4.79 Å². The van der Waals surface area contributed by atoms with Crippen molar-refractivity contribution in [2.24, 2.45) is 5.92 Å². The Kier molecular flexibility index (Phi) is 19.8. The van der Waals surface area contributed by atoms with E-state index >= 15 is 0 Å². The molecule has 0 fully saturated rings. The normalized spacial score (nSPS) is 13.8. The summed E-state index contributed by atoms with van der Waals surface area (Å²) >= 11 is 0. The Morgan fingerprint density at radius 3 is 1.50 bits per heavy atom. The second-order valence-electron chi connectivity index (χ2n) is 8.02. The van der Waals surface area contributed by atoms with E-state index in [1.54, 1.807) is 0 Å². The number of carboxylic acid groups (broad SMARTS) is 1. The van der Waals surface area contributed by atoms with E-state index in [0.29, 0.717) is 12.8 Å². The van der Waals surface area contributed by atoms with Crippen LogP contribution in [-0.2, 0) is 9.59 Å². The molecule has 178 valence electrons. The molecule has 0 bridgehead atoms. The molecule has 0 heterocycles. The van der Waals surface area contributed by atoms with Crippen molar-refractivity contribution in [2.45, 2.75) is 84.6 Å². The summed E-state index contributed by atoms with van der Waals surface area (Å²) in [6, 6.07) is -0.909. The number of hydrogen-bond acceptors (Lipinski definition) is 3. The maximum atomic E-state index is 11.9. The molecule has 0 aromatic rings. The minimum absolute atomic E-state index is 0.182. The molecule has 0 aliphatic heterocycles. The number of rotatable bonds is 18. The first-order valence-corrected chi connectivity index (χ1v) is 11.9. The van der Waals surface area contributed by atoms with Gasteiger partial charge in [-0.1, -0.05) is 93.7 Å². The topological polar surface area (TPSA) is 69.2 Å². The standard InChI is InChI=1S/C28H43NO3/c1-4-5-6-7-8-9-10-11-12-13-14-15-16-17-18-19-20-21-22-23-27(30)29-26(28(31)32)24-25(2)3/h5-6,8-9,11-12,14-15,17-18,20-21,25-26H,4,7,10,13,16,19,22-24H2,1-3H3,(H,29,30)(H,31,32)/p-1/b6-5-,9-8-,12-11-,15-14-,18-17-,21-20-. The van der Waals surface area contributed by atoms with Crippen molar-refractivity contribution in [2.75, 3.05) is 0 Å². The lowest BCUT2D eigenvalue weighted by atomic mass is 10.0. The van der Waals surface area contributed by atoms with E-state index < -0.39 is 12.0 Å². The third-order valence-corrected chi connectivity index (χ3v) is 4.46. The minimum Gasteiger partial charge on any atom is -0.548 e. The third-order valence-electron chi connectivity index (χ3n) is 4.46. The number of aliphatic carboxylic acids is 1. The largest absolute Gasteiger partial charge is 0.548 e. The Hall–Kier alpha value is -2.62. The summed E-state index contributed by atoms with van der Waals surface area (Å²) in [5, 5.41) is 13.6. The molecular weight excluding hydrogens is 398 g/mol.